The molecule has 3 rings (SSSR count). The van der Waals surface area contributed by atoms with Gasteiger partial charge >= 0.3 is 11.9 Å². The van der Waals surface area contributed by atoms with Gasteiger partial charge in [-0.2, -0.15) is 0 Å². The lowest BCUT2D eigenvalue weighted by Crippen LogP contribution is -2.12. The Labute approximate surface area is 159 Å². The summed E-state index contributed by atoms with van der Waals surface area (Å²) < 4.78 is 0. The van der Waals surface area contributed by atoms with E-state index in [0.717, 1.165) is 0 Å². The summed E-state index contributed by atoms with van der Waals surface area (Å²) in [6.45, 7) is 0. The molecule has 0 amide bonds. The molecule has 0 aliphatic rings. The summed E-state index contributed by atoms with van der Waals surface area (Å²) >= 11 is 0. The predicted octanol–water partition coefficient (Wildman–Crippen LogP) is 3.55. The molecule has 0 spiro atoms. The molecule has 3 aromatic rings. The van der Waals surface area contributed by atoms with E-state index in [9.17, 15) is 29.4 Å². The van der Waals surface area contributed by atoms with Gasteiger partial charge in [0, 0.05) is 22.3 Å². The maximum Gasteiger partial charge on any atom is 0.336 e. The third kappa shape index (κ3) is 3.57. The molecule has 0 heterocycles. The van der Waals surface area contributed by atoms with Crippen LogP contribution >= 0.6 is 0 Å². The number of carbonyl (C=O) groups excluding carboxylic acids is 2. The average Bonchev–Trinajstić information content (AvgIpc) is 2.72. The number of hydrogen-bond acceptors (Lipinski definition) is 4. The standard InChI is InChI=1S/C22H14O6/c23-19(15-8-1-3-10-17(15)21(25)26)13-6-5-7-14(12-13)20(24)16-9-2-4-11-18(16)22(27)28/h1-12H,(H,25,26)(H,27,28). The van der Waals surface area contributed by atoms with E-state index in [1.54, 1.807) is 12.1 Å². The van der Waals surface area contributed by atoms with Crippen LogP contribution in [-0.4, -0.2) is 33.7 Å². The van der Waals surface area contributed by atoms with Crippen molar-refractivity contribution in [3.63, 3.8) is 0 Å². The third-order valence-electron chi connectivity index (χ3n) is 4.19. The van der Waals surface area contributed by atoms with Crippen molar-refractivity contribution in [2.24, 2.45) is 0 Å². The van der Waals surface area contributed by atoms with Crippen molar-refractivity contribution in [1.82, 2.24) is 0 Å². The summed E-state index contributed by atoms with van der Waals surface area (Å²) in [7, 11) is 0. The molecule has 0 atom stereocenters. The molecule has 0 bridgehead atoms. The number of ketones is 2. The Bertz CT molecular complexity index is 1030. The van der Waals surface area contributed by atoms with E-state index in [1.807, 2.05) is 0 Å². The normalized spacial score (nSPS) is 10.3. The van der Waals surface area contributed by atoms with Gasteiger partial charge in [-0.05, 0) is 18.2 Å². The minimum Gasteiger partial charge on any atom is -0.478 e. The molecule has 138 valence electrons. The van der Waals surface area contributed by atoms with Crippen molar-refractivity contribution in [2.75, 3.05) is 0 Å². The summed E-state index contributed by atoms with van der Waals surface area (Å²) in [4.78, 5) is 48.3. The lowest BCUT2D eigenvalue weighted by molar-refractivity contribution is 0.0683. The van der Waals surface area contributed by atoms with Crippen molar-refractivity contribution in [3.8, 4) is 0 Å². The smallest absolute Gasteiger partial charge is 0.336 e. The van der Waals surface area contributed by atoms with Gasteiger partial charge in [0.25, 0.3) is 0 Å². The van der Waals surface area contributed by atoms with E-state index >= 15 is 0 Å². The van der Waals surface area contributed by atoms with E-state index in [1.165, 1.54) is 60.7 Å². The first-order valence-corrected chi connectivity index (χ1v) is 8.24. The Balaban J connectivity index is 2.02. The fourth-order valence-corrected chi connectivity index (χ4v) is 2.85. The maximum atomic E-state index is 12.8. The largest absolute Gasteiger partial charge is 0.478 e. The monoisotopic (exact) mass is 374 g/mol. The number of rotatable bonds is 6. The quantitative estimate of drug-likeness (QED) is 0.639. The molecule has 0 radical (unpaired) electrons. The molecular weight excluding hydrogens is 360 g/mol. The highest BCUT2D eigenvalue weighted by molar-refractivity contribution is 6.17. The van der Waals surface area contributed by atoms with Crippen molar-refractivity contribution in [1.29, 1.82) is 0 Å². The SMILES string of the molecule is O=C(O)c1ccccc1C(=O)c1cccc(C(=O)c2ccccc2C(=O)O)c1. The van der Waals surface area contributed by atoms with Gasteiger partial charge in [0.2, 0.25) is 0 Å². The Morgan fingerprint density at radius 3 is 1.21 bits per heavy atom. The molecule has 6 heteroatoms. The third-order valence-corrected chi connectivity index (χ3v) is 4.19. The highest BCUT2D eigenvalue weighted by atomic mass is 16.4. The molecule has 0 aliphatic heterocycles. The van der Waals surface area contributed by atoms with Crippen LogP contribution in [0.1, 0.15) is 52.6 Å². The summed E-state index contributed by atoms with van der Waals surface area (Å²) in [5, 5.41) is 18.5. The molecule has 0 aromatic heterocycles. The molecule has 28 heavy (non-hydrogen) atoms. The Morgan fingerprint density at radius 1 is 0.500 bits per heavy atom. The zero-order valence-corrected chi connectivity index (χ0v) is 14.5. The van der Waals surface area contributed by atoms with Crippen LogP contribution in [0.2, 0.25) is 0 Å². The van der Waals surface area contributed by atoms with Gasteiger partial charge in [-0.15, -0.1) is 0 Å². The second-order valence-corrected chi connectivity index (χ2v) is 5.94. The summed E-state index contributed by atoms with van der Waals surface area (Å²) in [5.74, 6) is -3.54. The minimum atomic E-state index is -1.23. The molecule has 0 saturated heterocycles. The van der Waals surface area contributed by atoms with Gasteiger partial charge in [0.1, 0.15) is 0 Å². The Kier molecular flexibility index (Phi) is 5.13. The first kappa shape index (κ1) is 18.7. The number of hydrogen-bond donors (Lipinski definition) is 2. The zero-order valence-electron chi connectivity index (χ0n) is 14.5. The van der Waals surface area contributed by atoms with Crippen LogP contribution < -0.4 is 0 Å². The second kappa shape index (κ2) is 7.67. The number of benzene rings is 3. The number of carboxylic acid groups (broad SMARTS) is 2. The number of carbonyl (C=O) groups is 4. The second-order valence-electron chi connectivity index (χ2n) is 5.94. The van der Waals surface area contributed by atoms with E-state index in [4.69, 9.17) is 0 Å². The molecule has 0 unspecified atom stereocenters. The Morgan fingerprint density at radius 2 is 0.857 bits per heavy atom. The van der Waals surface area contributed by atoms with E-state index in [2.05, 4.69) is 0 Å². The van der Waals surface area contributed by atoms with E-state index in [-0.39, 0.29) is 33.4 Å². The van der Waals surface area contributed by atoms with Crippen LogP contribution in [0.25, 0.3) is 0 Å². The van der Waals surface area contributed by atoms with Crippen LogP contribution in [0.3, 0.4) is 0 Å². The van der Waals surface area contributed by atoms with Gasteiger partial charge in [-0.25, -0.2) is 9.59 Å². The van der Waals surface area contributed by atoms with Gasteiger partial charge < -0.3 is 10.2 Å². The zero-order chi connectivity index (χ0) is 20.3. The lowest BCUT2D eigenvalue weighted by Gasteiger charge is -2.08. The first-order valence-electron chi connectivity index (χ1n) is 8.24. The predicted molar refractivity (Wildman–Crippen MR) is 100 cm³/mol. The fraction of sp³-hybridized carbons (Fsp3) is 0. The Hall–Kier alpha value is -4.06. The van der Waals surface area contributed by atoms with Gasteiger partial charge in [-0.1, -0.05) is 54.6 Å². The molecule has 6 nitrogen and oxygen atoms in total. The van der Waals surface area contributed by atoms with Crippen molar-refractivity contribution >= 4 is 23.5 Å². The van der Waals surface area contributed by atoms with Gasteiger partial charge in [0.05, 0.1) is 11.1 Å². The van der Waals surface area contributed by atoms with E-state index in [0.29, 0.717) is 0 Å². The van der Waals surface area contributed by atoms with Crippen molar-refractivity contribution < 1.29 is 29.4 Å². The van der Waals surface area contributed by atoms with Gasteiger partial charge in [-0.3, -0.25) is 9.59 Å². The van der Waals surface area contributed by atoms with Crippen LogP contribution in [-0.2, 0) is 0 Å². The highest BCUT2D eigenvalue weighted by Crippen LogP contribution is 2.19. The van der Waals surface area contributed by atoms with Crippen LogP contribution in [0.15, 0.2) is 72.8 Å². The van der Waals surface area contributed by atoms with Crippen LogP contribution in [0.5, 0.6) is 0 Å². The first-order chi connectivity index (χ1) is 13.4. The fourth-order valence-electron chi connectivity index (χ4n) is 2.85. The molecular formula is C22H14O6. The molecule has 0 saturated carbocycles. The van der Waals surface area contributed by atoms with Crippen LogP contribution in [0, 0.1) is 0 Å². The molecule has 0 fully saturated rings. The van der Waals surface area contributed by atoms with Crippen LogP contribution in [0.4, 0.5) is 0 Å². The number of carboxylic acids is 2. The minimum absolute atomic E-state index is 0.00513. The lowest BCUT2D eigenvalue weighted by atomic mass is 9.94. The average molecular weight is 374 g/mol. The summed E-state index contributed by atoms with van der Waals surface area (Å²) in [6.07, 6.45) is 0. The summed E-state index contributed by atoms with van der Waals surface area (Å²) in [6, 6.07) is 17.4. The topological polar surface area (TPSA) is 109 Å². The van der Waals surface area contributed by atoms with Gasteiger partial charge in [0.15, 0.2) is 11.6 Å². The van der Waals surface area contributed by atoms with Crippen molar-refractivity contribution in [3.05, 3.63) is 106 Å². The molecule has 0 aliphatic carbocycles. The molecule has 2 N–H and O–H groups in total. The molecule has 3 aromatic carbocycles. The van der Waals surface area contributed by atoms with E-state index < -0.39 is 23.5 Å². The maximum absolute atomic E-state index is 12.8. The van der Waals surface area contributed by atoms with Crippen molar-refractivity contribution in [2.45, 2.75) is 0 Å². The summed E-state index contributed by atoms with van der Waals surface area (Å²) in [5.41, 5.74) is -0.00307. The number of aromatic carboxylic acids is 2. The highest BCUT2D eigenvalue weighted by Gasteiger charge is 2.21.